The second kappa shape index (κ2) is 5.35. The van der Waals surface area contributed by atoms with Crippen molar-refractivity contribution in [1.29, 1.82) is 5.26 Å². The van der Waals surface area contributed by atoms with Crippen molar-refractivity contribution in [3.05, 3.63) is 0 Å². The van der Waals surface area contributed by atoms with Crippen molar-refractivity contribution in [1.82, 2.24) is 4.90 Å². The van der Waals surface area contributed by atoms with Gasteiger partial charge in [-0.05, 0) is 13.3 Å². The molecule has 5 heteroatoms. The van der Waals surface area contributed by atoms with Gasteiger partial charge >= 0.3 is 5.97 Å². The summed E-state index contributed by atoms with van der Waals surface area (Å²) in [6.45, 7) is 2.36. The lowest BCUT2D eigenvalue weighted by molar-refractivity contribution is -0.151. The largest absolute Gasteiger partial charge is 0.464 e. The number of nitriles is 1. The van der Waals surface area contributed by atoms with Gasteiger partial charge in [0, 0.05) is 13.0 Å². The number of nitrogens with zero attached hydrogens (tertiary/aromatic N) is 2. The molecule has 0 aliphatic carbocycles. The second-order valence-corrected chi connectivity index (χ2v) is 3.30. The van der Waals surface area contributed by atoms with Crippen molar-refractivity contribution in [2.75, 3.05) is 13.2 Å². The maximum Gasteiger partial charge on any atom is 0.328 e. The van der Waals surface area contributed by atoms with Gasteiger partial charge in [0.1, 0.15) is 6.04 Å². The van der Waals surface area contributed by atoms with Crippen molar-refractivity contribution in [2.45, 2.75) is 32.2 Å². The second-order valence-electron chi connectivity index (χ2n) is 3.30. The predicted octanol–water partition coefficient (Wildman–Crippen LogP) is 0.454. The number of amides is 1. The molecule has 1 atom stereocenters. The van der Waals surface area contributed by atoms with Gasteiger partial charge in [0.25, 0.3) is 0 Å². The molecule has 82 valence electrons. The van der Waals surface area contributed by atoms with Crippen molar-refractivity contribution < 1.29 is 14.3 Å². The van der Waals surface area contributed by atoms with Crippen LogP contribution in [-0.4, -0.2) is 36.0 Å². The Morgan fingerprint density at radius 1 is 1.73 bits per heavy atom. The van der Waals surface area contributed by atoms with Crippen molar-refractivity contribution in [3.8, 4) is 6.07 Å². The van der Waals surface area contributed by atoms with E-state index in [9.17, 15) is 9.59 Å². The molecule has 0 saturated carbocycles. The minimum absolute atomic E-state index is 0.0664. The fourth-order valence-electron chi connectivity index (χ4n) is 1.67. The molecule has 1 unspecified atom stereocenters. The number of rotatable bonds is 4. The Labute approximate surface area is 88.6 Å². The number of likely N-dealkylation sites (tertiary alicyclic amines) is 1. The molecule has 1 rings (SSSR count). The first kappa shape index (κ1) is 11.5. The quantitative estimate of drug-likeness (QED) is 0.632. The summed E-state index contributed by atoms with van der Waals surface area (Å²) in [5.74, 6) is -0.426. The first-order chi connectivity index (χ1) is 7.20. The molecule has 0 spiro atoms. The van der Waals surface area contributed by atoms with Gasteiger partial charge in [-0.15, -0.1) is 0 Å². The van der Waals surface area contributed by atoms with E-state index in [1.807, 2.05) is 6.07 Å². The minimum Gasteiger partial charge on any atom is -0.464 e. The van der Waals surface area contributed by atoms with Gasteiger partial charge in [0.15, 0.2) is 0 Å². The van der Waals surface area contributed by atoms with Crippen LogP contribution < -0.4 is 0 Å². The topological polar surface area (TPSA) is 70.4 Å². The zero-order valence-electron chi connectivity index (χ0n) is 8.73. The molecule has 1 aliphatic heterocycles. The molecule has 0 radical (unpaired) electrons. The lowest BCUT2D eigenvalue weighted by Gasteiger charge is -2.21. The van der Waals surface area contributed by atoms with E-state index in [2.05, 4.69) is 0 Å². The average Bonchev–Trinajstić information content (AvgIpc) is 2.57. The van der Waals surface area contributed by atoms with E-state index in [0.29, 0.717) is 26.0 Å². The molecule has 0 aromatic heterocycles. The fourth-order valence-corrected chi connectivity index (χ4v) is 1.67. The van der Waals surface area contributed by atoms with Crippen LogP contribution in [0.15, 0.2) is 0 Å². The zero-order chi connectivity index (χ0) is 11.3. The fraction of sp³-hybridized carbons (Fsp3) is 0.700. The van der Waals surface area contributed by atoms with Gasteiger partial charge in [0.05, 0.1) is 19.1 Å². The SMILES string of the molecule is CCOC(=O)C1CCC(=O)N1CCC#N. The molecule has 1 amide bonds. The molecule has 15 heavy (non-hydrogen) atoms. The number of carbonyl (C=O) groups is 2. The van der Waals surface area contributed by atoms with Crippen LogP contribution in [0, 0.1) is 11.3 Å². The molecule has 5 nitrogen and oxygen atoms in total. The maximum absolute atomic E-state index is 11.5. The molecular formula is C10H14N2O3. The Bertz CT molecular complexity index is 296. The van der Waals surface area contributed by atoms with Crippen molar-refractivity contribution >= 4 is 11.9 Å². The van der Waals surface area contributed by atoms with E-state index in [1.165, 1.54) is 4.90 Å². The van der Waals surface area contributed by atoms with E-state index in [0.717, 1.165) is 0 Å². The molecule has 0 bridgehead atoms. The van der Waals surface area contributed by atoms with Gasteiger partial charge in [0.2, 0.25) is 5.91 Å². The van der Waals surface area contributed by atoms with Crippen LogP contribution in [0.4, 0.5) is 0 Å². The minimum atomic E-state index is -0.481. The normalized spacial score (nSPS) is 20.1. The van der Waals surface area contributed by atoms with Gasteiger partial charge in [-0.2, -0.15) is 5.26 Å². The van der Waals surface area contributed by atoms with Gasteiger partial charge < -0.3 is 9.64 Å². The van der Waals surface area contributed by atoms with Crippen LogP contribution in [0.1, 0.15) is 26.2 Å². The van der Waals surface area contributed by atoms with E-state index in [4.69, 9.17) is 10.00 Å². The Kier molecular flexibility index (Phi) is 4.10. The monoisotopic (exact) mass is 210 g/mol. The summed E-state index contributed by atoms with van der Waals surface area (Å²) in [6.07, 6.45) is 1.12. The highest BCUT2D eigenvalue weighted by atomic mass is 16.5. The van der Waals surface area contributed by atoms with Crippen LogP contribution >= 0.6 is 0 Å². The molecule has 0 aromatic carbocycles. The molecule has 1 saturated heterocycles. The molecule has 1 fully saturated rings. The van der Waals surface area contributed by atoms with Crippen molar-refractivity contribution in [2.24, 2.45) is 0 Å². The average molecular weight is 210 g/mol. The predicted molar refractivity (Wildman–Crippen MR) is 51.6 cm³/mol. The first-order valence-corrected chi connectivity index (χ1v) is 5.03. The number of hydrogen-bond acceptors (Lipinski definition) is 4. The molecule has 0 N–H and O–H groups in total. The first-order valence-electron chi connectivity index (χ1n) is 5.03. The summed E-state index contributed by atoms with van der Waals surface area (Å²) in [4.78, 5) is 24.3. The Morgan fingerprint density at radius 2 is 2.47 bits per heavy atom. The third-order valence-electron chi connectivity index (χ3n) is 2.35. The Balaban J connectivity index is 2.59. The summed E-state index contributed by atoms with van der Waals surface area (Å²) < 4.78 is 4.87. The highest BCUT2D eigenvalue weighted by Crippen LogP contribution is 2.19. The summed E-state index contributed by atoms with van der Waals surface area (Å²) in [5, 5.41) is 8.44. The lowest BCUT2D eigenvalue weighted by atomic mass is 10.2. The summed E-state index contributed by atoms with van der Waals surface area (Å²) in [7, 11) is 0. The summed E-state index contributed by atoms with van der Waals surface area (Å²) in [5.41, 5.74) is 0. The zero-order valence-corrected chi connectivity index (χ0v) is 8.73. The number of ether oxygens (including phenoxy) is 1. The van der Waals surface area contributed by atoms with Crippen LogP contribution in [0.5, 0.6) is 0 Å². The number of hydrogen-bond donors (Lipinski definition) is 0. The van der Waals surface area contributed by atoms with E-state index < -0.39 is 6.04 Å². The highest BCUT2D eigenvalue weighted by Gasteiger charge is 2.36. The van der Waals surface area contributed by atoms with Crippen LogP contribution in [0.3, 0.4) is 0 Å². The Morgan fingerprint density at radius 3 is 3.07 bits per heavy atom. The van der Waals surface area contributed by atoms with E-state index >= 15 is 0 Å². The van der Waals surface area contributed by atoms with Gasteiger partial charge in [-0.1, -0.05) is 0 Å². The Hall–Kier alpha value is -1.57. The van der Waals surface area contributed by atoms with Crippen LogP contribution in [0.25, 0.3) is 0 Å². The molecule has 0 aromatic rings. The molecular weight excluding hydrogens is 196 g/mol. The van der Waals surface area contributed by atoms with Crippen molar-refractivity contribution in [3.63, 3.8) is 0 Å². The van der Waals surface area contributed by atoms with Gasteiger partial charge in [-0.25, -0.2) is 4.79 Å². The highest BCUT2D eigenvalue weighted by molar-refractivity contribution is 5.88. The van der Waals surface area contributed by atoms with Crippen LogP contribution in [-0.2, 0) is 14.3 Å². The maximum atomic E-state index is 11.5. The third-order valence-corrected chi connectivity index (χ3v) is 2.35. The summed E-state index contributed by atoms with van der Waals surface area (Å²) in [6, 6.07) is 1.48. The number of esters is 1. The molecule has 1 aliphatic rings. The third kappa shape index (κ3) is 2.69. The van der Waals surface area contributed by atoms with E-state index in [-0.39, 0.29) is 18.3 Å². The molecule has 1 heterocycles. The lowest BCUT2D eigenvalue weighted by Crippen LogP contribution is -2.40. The van der Waals surface area contributed by atoms with Gasteiger partial charge in [-0.3, -0.25) is 4.79 Å². The number of carbonyl (C=O) groups excluding carboxylic acids is 2. The van der Waals surface area contributed by atoms with Crippen LogP contribution in [0.2, 0.25) is 0 Å². The standard InChI is InChI=1S/C10H14N2O3/c1-2-15-10(14)8-4-5-9(13)12(8)7-3-6-11/h8H,2-5,7H2,1H3. The smallest absolute Gasteiger partial charge is 0.328 e. The van der Waals surface area contributed by atoms with E-state index in [1.54, 1.807) is 6.92 Å². The summed E-state index contributed by atoms with van der Waals surface area (Å²) >= 11 is 0.